The van der Waals surface area contributed by atoms with Crippen LogP contribution in [-0.4, -0.2) is 33.5 Å². The molecule has 0 radical (unpaired) electrons. The number of benzene rings is 2. The number of hydrogen-bond acceptors (Lipinski definition) is 6. The summed E-state index contributed by atoms with van der Waals surface area (Å²) in [4.78, 5) is 16.6. The van der Waals surface area contributed by atoms with Crippen molar-refractivity contribution in [2.24, 2.45) is 0 Å². The van der Waals surface area contributed by atoms with Crippen LogP contribution in [0.1, 0.15) is 11.1 Å². The minimum absolute atomic E-state index is 0.0262. The highest BCUT2D eigenvalue weighted by atomic mass is 32.2. The Kier molecular flexibility index (Phi) is 7.04. The molecule has 0 aliphatic rings. The predicted molar refractivity (Wildman–Crippen MR) is 117 cm³/mol. The SMILES string of the molecule is COc1ccc(/C=C(/C(=O)NCc2cccnc2)S(=O)(=O)c2ccccc2)cc1OC. The molecule has 0 bridgehead atoms. The monoisotopic (exact) mass is 438 g/mol. The molecule has 31 heavy (non-hydrogen) atoms. The predicted octanol–water partition coefficient (Wildman–Crippen LogP) is 3.23. The molecule has 7 nitrogen and oxygen atoms in total. The van der Waals surface area contributed by atoms with E-state index in [1.54, 1.807) is 60.9 Å². The number of nitrogens with one attached hydrogen (secondary N) is 1. The third kappa shape index (κ3) is 5.29. The molecule has 8 heteroatoms. The fourth-order valence-corrected chi connectivity index (χ4v) is 4.23. The van der Waals surface area contributed by atoms with Crippen molar-refractivity contribution in [2.45, 2.75) is 11.4 Å². The van der Waals surface area contributed by atoms with E-state index in [1.165, 1.54) is 32.4 Å². The Morgan fingerprint density at radius 2 is 1.74 bits per heavy atom. The Balaban J connectivity index is 2.02. The molecule has 0 aliphatic carbocycles. The molecule has 3 rings (SSSR count). The summed E-state index contributed by atoms with van der Waals surface area (Å²) >= 11 is 0. The lowest BCUT2D eigenvalue weighted by atomic mass is 10.2. The molecular weight excluding hydrogens is 416 g/mol. The first-order chi connectivity index (χ1) is 15.0. The van der Waals surface area contributed by atoms with E-state index < -0.39 is 15.7 Å². The fraction of sp³-hybridized carbons (Fsp3) is 0.130. The molecule has 0 saturated carbocycles. The van der Waals surface area contributed by atoms with Crippen LogP contribution in [0.4, 0.5) is 0 Å². The Labute approximate surface area is 181 Å². The first kappa shape index (κ1) is 22.0. The molecule has 0 atom stereocenters. The molecule has 2 aromatic carbocycles. The number of pyridine rings is 1. The second kappa shape index (κ2) is 9.90. The van der Waals surface area contributed by atoms with Crippen LogP contribution in [-0.2, 0) is 21.2 Å². The van der Waals surface area contributed by atoms with Gasteiger partial charge >= 0.3 is 0 Å². The van der Waals surface area contributed by atoms with Gasteiger partial charge in [-0.3, -0.25) is 9.78 Å². The van der Waals surface area contributed by atoms with Crippen molar-refractivity contribution >= 4 is 21.8 Å². The molecule has 1 N–H and O–H groups in total. The minimum atomic E-state index is -4.08. The van der Waals surface area contributed by atoms with Crippen molar-refractivity contribution in [3.63, 3.8) is 0 Å². The van der Waals surface area contributed by atoms with Crippen molar-refractivity contribution in [2.75, 3.05) is 14.2 Å². The van der Waals surface area contributed by atoms with Gasteiger partial charge in [0.1, 0.15) is 4.91 Å². The molecule has 0 fully saturated rings. The summed E-state index contributed by atoms with van der Waals surface area (Å²) in [6, 6.07) is 16.2. The van der Waals surface area contributed by atoms with Gasteiger partial charge in [-0.05, 0) is 47.5 Å². The lowest BCUT2D eigenvalue weighted by Gasteiger charge is -2.12. The van der Waals surface area contributed by atoms with Crippen molar-refractivity contribution in [3.05, 3.63) is 89.1 Å². The van der Waals surface area contributed by atoms with E-state index in [4.69, 9.17) is 9.47 Å². The van der Waals surface area contributed by atoms with Gasteiger partial charge in [-0.1, -0.05) is 30.3 Å². The van der Waals surface area contributed by atoms with Crippen LogP contribution < -0.4 is 14.8 Å². The van der Waals surface area contributed by atoms with Gasteiger partial charge in [-0.25, -0.2) is 8.42 Å². The number of carbonyl (C=O) groups is 1. The third-order valence-electron chi connectivity index (χ3n) is 4.45. The molecule has 160 valence electrons. The second-order valence-electron chi connectivity index (χ2n) is 6.48. The second-order valence-corrected chi connectivity index (χ2v) is 8.40. The molecule has 0 aliphatic heterocycles. The normalized spacial score (nSPS) is 11.6. The zero-order valence-electron chi connectivity index (χ0n) is 17.1. The Morgan fingerprint density at radius 3 is 2.39 bits per heavy atom. The zero-order valence-corrected chi connectivity index (χ0v) is 17.9. The summed E-state index contributed by atoms with van der Waals surface area (Å²) in [7, 11) is -1.09. The zero-order chi connectivity index (χ0) is 22.3. The molecule has 0 spiro atoms. The highest BCUT2D eigenvalue weighted by molar-refractivity contribution is 7.96. The number of carbonyl (C=O) groups excluding carboxylic acids is 1. The van der Waals surface area contributed by atoms with E-state index in [9.17, 15) is 13.2 Å². The Morgan fingerprint density at radius 1 is 1.00 bits per heavy atom. The Bertz CT molecular complexity index is 1180. The highest BCUT2D eigenvalue weighted by Gasteiger charge is 2.27. The number of sulfone groups is 1. The van der Waals surface area contributed by atoms with E-state index in [0.29, 0.717) is 17.1 Å². The number of rotatable bonds is 8. The maximum Gasteiger partial charge on any atom is 0.263 e. The standard InChI is InChI=1S/C23H22N2O5S/c1-29-20-11-10-17(13-21(20)30-2)14-22(31(27,28)19-8-4-3-5-9-19)23(26)25-16-18-7-6-12-24-15-18/h3-15H,16H2,1-2H3,(H,25,26)/b22-14-. The van der Waals surface area contributed by atoms with Gasteiger partial charge in [0, 0.05) is 18.9 Å². The average Bonchev–Trinajstić information content (AvgIpc) is 2.82. The van der Waals surface area contributed by atoms with Gasteiger partial charge in [0.25, 0.3) is 5.91 Å². The maximum absolute atomic E-state index is 13.3. The highest BCUT2D eigenvalue weighted by Crippen LogP contribution is 2.30. The molecule has 3 aromatic rings. The number of amides is 1. The van der Waals surface area contributed by atoms with Crippen molar-refractivity contribution in [3.8, 4) is 11.5 Å². The summed E-state index contributed by atoms with van der Waals surface area (Å²) in [5, 5.41) is 2.66. The molecule has 0 saturated heterocycles. The van der Waals surface area contributed by atoms with E-state index in [0.717, 1.165) is 5.56 Å². The lowest BCUT2D eigenvalue weighted by molar-refractivity contribution is -0.116. The number of hydrogen-bond donors (Lipinski definition) is 1. The summed E-state index contributed by atoms with van der Waals surface area (Å²) in [6.07, 6.45) is 4.54. The molecule has 1 aromatic heterocycles. The topological polar surface area (TPSA) is 94.6 Å². The number of aromatic nitrogens is 1. The first-order valence-electron chi connectivity index (χ1n) is 9.36. The minimum Gasteiger partial charge on any atom is -0.493 e. The van der Waals surface area contributed by atoms with Crippen LogP contribution >= 0.6 is 0 Å². The van der Waals surface area contributed by atoms with E-state index in [2.05, 4.69) is 10.3 Å². The fourth-order valence-electron chi connectivity index (χ4n) is 2.86. The third-order valence-corrected chi connectivity index (χ3v) is 6.22. The van der Waals surface area contributed by atoms with Crippen LogP contribution in [0, 0.1) is 0 Å². The van der Waals surface area contributed by atoms with E-state index in [1.807, 2.05) is 0 Å². The molecular formula is C23H22N2O5S. The quantitative estimate of drug-likeness (QED) is 0.543. The first-order valence-corrected chi connectivity index (χ1v) is 10.8. The van der Waals surface area contributed by atoms with E-state index in [-0.39, 0.29) is 16.3 Å². The largest absolute Gasteiger partial charge is 0.493 e. The average molecular weight is 439 g/mol. The van der Waals surface area contributed by atoms with Gasteiger partial charge in [-0.15, -0.1) is 0 Å². The Hall–Kier alpha value is -3.65. The summed E-state index contributed by atoms with van der Waals surface area (Å²) in [5.41, 5.74) is 1.22. The van der Waals surface area contributed by atoms with Crippen LogP contribution in [0.25, 0.3) is 6.08 Å². The van der Waals surface area contributed by atoms with Gasteiger partial charge in [-0.2, -0.15) is 0 Å². The van der Waals surface area contributed by atoms with E-state index >= 15 is 0 Å². The summed E-state index contributed by atoms with van der Waals surface area (Å²) in [6.45, 7) is 0.139. The lowest BCUT2D eigenvalue weighted by Crippen LogP contribution is -2.28. The van der Waals surface area contributed by atoms with Gasteiger partial charge < -0.3 is 14.8 Å². The van der Waals surface area contributed by atoms with Gasteiger partial charge in [0.2, 0.25) is 9.84 Å². The number of ether oxygens (including phenoxy) is 2. The maximum atomic E-state index is 13.3. The molecule has 1 heterocycles. The van der Waals surface area contributed by atoms with Crippen molar-refractivity contribution in [1.82, 2.24) is 10.3 Å². The summed E-state index contributed by atoms with van der Waals surface area (Å²) in [5.74, 6) is 0.194. The van der Waals surface area contributed by atoms with Crippen LogP contribution in [0.5, 0.6) is 11.5 Å². The van der Waals surface area contributed by atoms with Gasteiger partial charge in [0.15, 0.2) is 11.5 Å². The number of nitrogens with zero attached hydrogens (tertiary/aromatic N) is 1. The van der Waals surface area contributed by atoms with Crippen LogP contribution in [0.15, 0.2) is 82.9 Å². The van der Waals surface area contributed by atoms with Crippen molar-refractivity contribution in [1.29, 1.82) is 0 Å². The van der Waals surface area contributed by atoms with Crippen LogP contribution in [0.3, 0.4) is 0 Å². The smallest absolute Gasteiger partial charge is 0.263 e. The van der Waals surface area contributed by atoms with Gasteiger partial charge in [0.05, 0.1) is 19.1 Å². The number of methoxy groups -OCH3 is 2. The molecule has 0 unspecified atom stereocenters. The van der Waals surface area contributed by atoms with Crippen molar-refractivity contribution < 1.29 is 22.7 Å². The van der Waals surface area contributed by atoms with Crippen LogP contribution in [0.2, 0.25) is 0 Å². The molecule has 1 amide bonds. The summed E-state index contributed by atoms with van der Waals surface area (Å²) < 4.78 is 37.0.